The molecule has 2 saturated carbocycles. The van der Waals surface area contributed by atoms with Crippen molar-refractivity contribution in [2.24, 2.45) is 11.8 Å². The average molecular weight is 263 g/mol. The van der Waals surface area contributed by atoms with Crippen LogP contribution in [0.2, 0.25) is 0 Å². The van der Waals surface area contributed by atoms with Crippen molar-refractivity contribution in [1.82, 2.24) is 5.32 Å². The van der Waals surface area contributed by atoms with Gasteiger partial charge in [0.1, 0.15) is 5.82 Å². The van der Waals surface area contributed by atoms with Gasteiger partial charge in [0, 0.05) is 18.2 Å². The smallest absolute Gasteiger partial charge is 0.335 e. The minimum atomic E-state index is -1.01. The van der Waals surface area contributed by atoms with Crippen LogP contribution in [-0.2, 0) is 6.54 Å². The predicted octanol–water partition coefficient (Wildman–Crippen LogP) is 2.80. The zero-order valence-electron chi connectivity index (χ0n) is 10.7. The zero-order chi connectivity index (χ0) is 13.4. The van der Waals surface area contributed by atoms with Crippen LogP contribution in [-0.4, -0.2) is 17.1 Å². The number of carboxylic acid groups (broad SMARTS) is 1. The fraction of sp³-hybridized carbons (Fsp3) is 0.533. The molecule has 2 aliphatic carbocycles. The van der Waals surface area contributed by atoms with Gasteiger partial charge in [0.2, 0.25) is 0 Å². The Balaban J connectivity index is 1.68. The first-order valence-electron chi connectivity index (χ1n) is 6.90. The van der Waals surface area contributed by atoms with Gasteiger partial charge in [0.25, 0.3) is 0 Å². The standard InChI is InChI=1S/C15H18FNO2/c16-13-6-5-11(15(18)19)7-12(13)8-17-14(9-1-2-9)10-3-4-10/h5-7,9-10,14,17H,1-4,8H2,(H,18,19). The molecule has 0 saturated heterocycles. The summed E-state index contributed by atoms with van der Waals surface area (Å²) in [5, 5.41) is 12.4. The predicted molar refractivity (Wildman–Crippen MR) is 69.4 cm³/mol. The number of benzene rings is 1. The Labute approximate surface area is 111 Å². The molecule has 2 fully saturated rings. The van der Waals surface area contributed by atoms with Crippen LogP contribution in [0.1, 0.15) is 41.6 Å². The summed E-state index contributed by atoms with van der Waals surface area (Å²) < 4.78 is 13.7. The zero-order valence-corrected chi connectivity index (χ0v) is 10.7. The van der Waals surface area contributed by atoms with Crippen LogP contribution in [0.5, 0.6) is 0 Å². The molecule has 2 aliphatic rings. The molecule has 3 rings (SSSR count). The van der Waals surface area contributed by atoms with Gasteiger partial charge in [-0.2, -0.15) is 0 Å². The molecule has 4 heteroatoms. The third-order valence-corrected chi connectivity index (χ3v) is 4.08. The van der Waals surface area contributed by atoms with E-state index >= 15 is 0 Å². The molecule has 2 N–H and O–H groups in total. The molecular weight excluding hydrogens is 245 g/mol. The monoisotopic (exact) mass is 263 g/mol. The van der Waals surface area contributed by atoms with Crippen molar-refractivity contribution < 1.29 is 14.3 Å². The maximum absolute atomic E-state index is 13.7. The van der Waals surface area contributed by atoms with Gasteiger partial charge in [-0.05, 0) is 55.7 Å². The summed E-state index contributed by atoms with van der Waals surface area (Å²) in [6.45, 7) is 0.421. The van der Waals surface area contributed by atoms with Gasteiger partial charge in [-0.1, -0.05) is 0 Å². The van der Waals surface area contributed by atoms with Crippen molar-refractivity contribution in [3.8, 4) is 0 Å². The van der Waals surface area contributed by atoms with E-state index in [4.69, 9.17) is 5.11 Å². The van der Waals surface area contributed by atoms with Crippen molar-refractivity contribution in [2.45, 2.75) is 38.3 Å². The van der Waals surface area contributed by atoms with Crippen LogP contribution in [0.4, 0.5) is 4.39 Å². The maximum Gasteiger partial charge on any atom is 0.335 e. The number of nitrogens with one attached hydrogen (secondary N) is 1. The number of hydrogen-bond donors (Lipinski definition) is 2. The molecule has 102 valence electrons. The molecule has 0 spiro atoms. The third kappa shape index (κ3) is 2.95. The number of rotatable bonds is 6. The van der Waals surface area contributed by atoms with Crippen LogP contribution in [0.15, 0.2) is 18.2 Å². The number of halogens is 1. The summed E-state index contributed by atoms with van der Waals surface area (Å²) in [4.78, 5) is 10.9. The second kappa shape index (κ2) is 4.93. The van der Waals surface area contributed by atoms with Crippen molar-refractivity contribution in [3.05, 3.63) is 35.1 Å². The molecule has 0 bridgehead atoms. The van der Waals surface area contributed by atoms with Crippen molar-refractivity contribution in [2.75, 3.05) is 0 Å². The Morgan fingerprint density at radius 1 is 1.32 bits per heavy atom. The maximum atomic E-state index is 13.7. The fourth-order valence-electron chi connectivity index (χ4n) is 2.70. The van der Waals surface area contributed by atoms with E-state index in [2.05, 4.69) is 5.32 Å². The van der Waals surface area contributed by atoms with Gasteiger partial charge in [-0.3, -0.25) is 0 Å². The average Bonchev–Trinajstić information content (AvgIpc) is 3.25. The highest BCUT2D eigenvalue weighted by Gasteiger charge is 2.41. The van der Waals surface area contributed by atoms with E-state index in [1.165, 1.54) is 43.9 Å². The molecular formula is C15H18FNO2. The van der Waals surface area contributed by atoms with Crippen molar-refractivity contribution in [1.29, 1.82) is 0 Å². The van der Waals surface area contributed by atoms with E-state index in [-0.39, 0.29) is 11.4 Å². The fourth-order valence-corrected chi connectivity index (χ4v) is 2.70. The summed E-state index contributed by atoms with van der Waals surface area (Å²) in [5.74, 6) is 0.154. The quantitative estimate of drug-likeness (QED) is 0.829. The first-order chi connectivity index (χ1) is 9.15. The van der Waals surface area contributed by atoms with Crippen LogP contribution in [0.25, 0.3) is 0 Å². The molecule has 1 aromatic rings. The van der Waals surface area contributed by atoms with Crippen LogP contribution in [0.3, 0.4) is 0 Å². The minimum Gasteiger partial charge on any atom is -0.478 e. The van der Waals surface area contributed by atoms with Gasteiger partial charge >= 0.3 is 5.97 Å². The number of aromatic carboxylic acids is 1. The van der Waals surface area contributed by atoms with E-state index < -0.39 is 5.97 Å². The highest BCUT2D eigenvalue weighted by atomic mass is 19.1. The molecule has 19 heavy (non-hydrogen) atoms. The number of carbonyl (C=O) groups is 1. The van der Waals surface area contributed by atoms with E-state index in [1.807, 2.05) is 0 Å². The topological polar surface area (TPSA) is 49.3 Å². The Bertz CT molecular complexity index is 483. The minimum absolute atomic E-state index is 0.146. The summed E-state index contributed by atoms with van der Waals surface area (Å²) in [6, 6.07) is 4.47. The molecule has 0 aliphatic heterocycles. The SMILES string of the molecule is O=C(O)c1ccc(F)c(CNC(C2CC2)C2CC2)c1. The van der Waals surface area contributed by atoms with Crippen LogP contribution >= 0.6 is 0 Å². The molecule has 0 amide bonds. The van der Waals surface area contributed by atoms with E-state index in [0.717, 1.165) is 11.8 Å². The Kier molecular flexibility index (Phi) is 3.27. The number of hydrogen-bond acceptors (Lipinski definition) is 2. The summed E-state index contributed by atoms with van der Waals surface area (Å²) in [5.41, 5.74) is 0.596. The third-order valence-electron chi connectivity index (χ3n) is 4.08. The van der Waals surface area contributed by atoms with Gasteiger partial charge in [0.05, 0.1) is 5.56 Å². The highest BCUT2D eigenvalue weighted by molar-refractivity contribution is 5.87. The van der Waals surface area contributed by atoms with Crippen LogP contribution < -0.4 is 5.32 Å². The molecule has 0 radical (unpaired) electrons. The second-order valence-corrected chi connectivity index (χ2v) is 5.69. The van der Waals surface area contributed by atoms with Gasteiger partial charge in [-0.25, -0.2) is 9.18 Å². The van der Waals surface area contributed by atoms with Crippen molar-refractivity contribution in [3.63, 3.8) is 0 Å². The summed E-state index contributed by atoms with van der Waals surface area (Å²) >= 11 is 0. The lowest BCUT2D eigenvalue weighted by atomic mass is 10.1. The Morgan fingerprint density at radius 2 is 1.95 bits per heavy atom. The second-order valence-electron chi connectivity index (χ2n) is 5.69. The molecule has 1 aromatic carbocycles. The molecule has 3 nitrogen and oxygen atoms in total. The molecule has 0 atom stereocenters. The summed E-state index contributed by atoms with van der Waals surface area (Å²) in [6.07, 6.45) is 5.08. The van der Waals surface area contributed by atoms with Gasteiger partial charge in [-0.15, -0.1) is 0 Å². The Hall–Kier alpha value is -1.42. The van der Waals surface area contributed by atoms with E-state index in [9.17, 15) is 9.18 Å². The van der Waals surface area contributed by atoms with Crippen LogP contribution in [0, 0.1) is 17.7 Å². The van der Waals surface area contributed by atoms with E-state index in [0.29, 0.717) is 18.2 Å². The largest absolute Gasteiger partial charge is 0.478 e. The van der Waals surface area contributed by atoms with E-state index in [1.54, 1.807) is 0 Å². The molecule has 0 aromatic heterocycles. The normalized spacial score (nSPS) is 18.8. The van der Waals surface area contributed by atoms with Gasteiger partial charge < -0.3 is 10.4 Å². The molecule has 0 unspecified atom stereocenters. The Morgan fingerprint density at radius 3 is 2.47 bits per heavy atom. The lowest BCUT2D eigenvalue weighted by Crippen LogP contribution is -2.32. The number of carboxylic acids is 1. The lowest BCUT2D eigenvalue weighted by Gasteiger charge is -2.18. The van der Waals surface area contributed by atoms with Crippen molar-refractivity contribution >= 4 is 5.97 Å². The first kappa shape index (κ1) is 12.6. The highest BCUT2D eigenvalue weighted by Crippen LogP contribution is 2.44. The first-order valence-corrected chi connectivity index (χ1v) is 6.90. The lowest BCUT2D eigenvalue weighted by molar-refractivity contribution is 0.0696. The molecule has 0 heterocycles. The summed E-state index contributed by atoms with van der Waals surface area (Å²) in [7, 11) is 0. The van der Waals surface area contributed by atoms with Gasteiger partial charge in [0.15, 0.2) is 0 Å².